The molecule has 1 aromatic heterocycles. The first-order valence-electron chi connectivity index (χ1n) is 14.1. The van der Waals surface area contributed by atoms with E-state index in [0.717, 1.165) is 18.5 Å². The maximum absolute atomic E-state index is 16.7. The molecule has 3 aromatic rings. The van der Waals surface area contributed by atoms with Crippen molar-refractivity contribution in [2.75, 3.05) is 49.6 Å². The number of nitrogens with zero attached hydrogens (tertiary/aromatic N) is 5. The van der Waals surface area contributed by atoms with Gasteiger partial charge in [0.25, 0.3) is 0 Å². The second-order valence-corrected chi connectivity index (χ2v) is 11.4. The number of ether oxygens (including phenoxy) is 1. The molecule has 1 unspecified atom stereocenters. The van der Waals surface area contributed by atoms with E-state index in [2.05, 4.69) is 9.97 Å². The van der Waals surface area contributed by atoms with Gasteiger partial charge in [-0.3, -0.25) is 4.79 Å². The highest BCUT2D eigenvalue weighted by Crippen LogP contribution is 2.47. The fraction of sp³-hybridized carbons (Fsp3) is 0.433. The summed E-state index contributed by atoms with van der Waals surface area (Å²) in [4.78, 5) is 25.9. The van der Waals surface area contributed by atoms with Crippen LogP contribution in [-0.2, 0) is 10.9 Å². The van der Waals surface area contributed by atoms with Crippen LogP contribution >= 0.6 is 0 Å². The van der Waals surface area contributed by atoms with Crippen LogP contribution in [0.3, 0.4) is 0 Å². The van der Waals surface area contributed by atoms with E-state index in [0.29, 0.717) is 31.8 Å². The van der Waals surface area contributed by atoms with Gasteiger partial charge in [-0.05, 0) is 46.0 Å². The van der Waals surface area contributed by atoms with E-state index in [4.69, 9.17) is 10.5 Å². The fourth-order valence-corrected chi connectivity index (χ4v) is 5.90. The Bertz CT molecular complexity index is 1560. The molecule has 5 rings (SSSR count). The standard InChI is InChI=1S/C30H32F6N6O2/c1-15-12-41(8-7-40(15)4)22-9-21(32)23(18-10-38-29(39-11-18)42-13-16(2)44-17(3)14-42)27(33)25(22)24-20(31)6-5-19(28(37)43)26(24)30(34,35)36/h5-6,9-11,15-17H,7-8,12-14H2,1-4H3,(H2,37,43)/t15?,16-,17-/m0/s1. The zero-order chi connectivity index (χ0) is 32.1. The van der Waals surface area contributed by atoms with Crippen molar-refractivity contribution in [3.8, 4) is 22.3 Å². The number of benzene rings is 2. The van der Waals surface area contributed by atoms with E-state index >= 15 is 13.2 Å². The van der Waals surface area contributed by atoms with Gasteiger partial charge in [-0.2, -0.15) is 13.2 Å². The predicted molar refractivity (Wildman–Crippen MR) is 153 cm³/mol. The predicted octanol–water partition coefficient (Wildman–Crippen LogP) is 5.10. The first-order chi connectivity index (χ1) is 20.7. The van der Waals surface area contributed by atoms with Gasteiger partial charge in [0.1, 0.15) is 17.5 Å². The van der Waals surface area contributed by atoms with Crippen molar-refractivity contribution in [2.24, 2.45) is 5.73 Å². The van der Waals surface area contributed by atoms with Crippen molar-refractivity contribution < 1.29 is 35.9 Å². The third-order valence-electron chi connectivity index (χ3n) is 8.08. The van der Waals surface area contributed by atoms with E-state index in [-0.39, 0.29) is 48.5 Å². The Morgan fingerprint density at radius 3 is 2.11 bits per heavy atom. The molecule has 8 nitrogen and oxygen atoms in total. The number of rotatable bonds is 5. The summed E-state index contributed by atoms with van der Waals surface area (Å²) in [5.41, 5.74) is -0.817. The van der Waals surface area contributed by atoms with Crippen molar-refractivity contribution in [2.45, 2.75) is 45.2 Å². The number of anilines is 2. The van der Waals surface area contributed by atoms with Crippen LogP contribution in [-0.4, -0.2) is 78.8 Å². The molecular weight excluding hydrogens is 590 g/mol. The Labute approximate surface area is 250 Å². The van der Waals surface area contributed by atoms with E-state index in [1.165, 1.54) is 4.90 Å². The number of halogens is 6. The first-order valence-corrected chi connectivity index (χ1v) is 14.1. The molecule has 0 aliphatic carbocycles. The van der Waals surface area contributed by atoms with Crippen LogP contribution in [0.5, 0.6) is 0 Å². The molecule has 236 valence electrons. The summed E-state index contributed by atoms with van der Waals surface area (Å²) in [6, 6.07) is 1.97. The van der Waals surface area contributed by atoms with Gasteiger partial charge in [0.15, 0.2) is 0 Å². The highest BCUT2D eigenvalue weighted by Gasteiger charge is 2.42. The largest absolute Gasteiger partial charge is 0.417 e. The van der Waals surface area contributed by atoms with Crippen LogP contribution in [0.1, 0.15) is 36.7 Å². The lowest BCUT2D eigenvalue weighted by atomic mass is 9.89. The van der Waals surface area contributed by atoms with Crippen LogP contribution in [0, 0.1) is 17.5 Å². The molecule has 1 amide bonds. The topological polar surface area (TPSA) is 87.8 Å². The van der Waals surface area contributed by atoms with E-state index in [1.807, 2.05) is 37.6 Å². The van der Waals surface area contributed by atoms with Crippen molar-refractivity contribution in [3.05, 3.63) is 59.2 Å². The maximum Gasteiger partial charge on any atom is 0.417 e. The number of amides is 1. The molecule has 3 atom stereocenters. The Morgan fingerprint density at radius 2 is 1.55 bits per heavy atom. The number of carbonyl (C=O) groups is 1. The third-order valence-corrected chi connectivity index (χ3v) is 8.08. The maximum atomic E-state index is 16.7. The van der Waals surface area contributed by atoms with Gasteiger partial charge < -0.3 is 25.2 Å². The molecule has 2 aromatic carbocycles. The van der Waals surface area contributed by atoms with Crippen LogP contribution in [0.4, 0.5) is 38.0 Å². The number of carbonyl (C=O) groups excluding carboxylic acids is 1. The Balaban J connectivity index is 1.73. The first kappa shape index (κ1) is 31.5. The minimum absolute atomic E-state index is 0.113. The summed E-state index contributed by atoms with van der Waals surface area (Å²) in [5.74, 6) is -5.21. The average Bonchev–Trinajstić information content (AvgIpc) is 2.93. The van der Waals surface area contributed by atoms with Crippen LogP contribution in [0.15, 0.2) is 30.6 Å². The Morgan fingerprint density at radius 1 is 0.909 bits per heavy atom. The smallest absolute Gasteiger partial charge is 0.372 e. The minimum atomic E-state index is -5.31. The van der Waals surface area contributed by atoms with Crippen LogP contribution < -0.4 is 15.5 Å². The number of piperazine rings is 1. The number of hydrogen-bond donors (Lipinski definition) is 1. The van der Waals surface area contributed by atoms with Crippen molar-refractivity contribution in [1.82, 2.24) is 14.9 Å². The molecule has 0 bridgehead atoms. The van der Waals surface area contributed by atoms with Gasteiger partial charge in [-0.1, -0.05) is 0 Å². The lowest BCUT2D eigenvalue weighted by molar-refractivity contribution is -0.137. The molecule has 2 aliphatic heterocycles. The molecule has 3 heterocycles. The molecular formula is C30H32F6N6O2. The Hall–Kier alpha value is -3.91. The lowest BCUT2D eigenvalue weighted by Gasteiger charge is -2.40. The second-order valence-electron chi connectivity index (χ2n) is 11.4. The monoisotopic (exact) mass is 622 g/mol. The molecule has 14 heteroatoms. The fourth-order valence-electron chi connectivity index (χ4n) is 5.90. The SMILES string of the molecule is CC1CN(c2cc(F)c(-c3cnc(N4C[C@H](C)O[C@@H](C)C4)nc3)c(F)c2-c2c(F)ccc(C(N)=O)c2C(F)(F)F)CCN1C. The van der Waals surface area contributed by atoms with Crippen LogP contribution in [0.25, 0.3) is 22.3 Å². The number of alkyl halides is 3. The number of primary amides is 1. The number of likely N-dealkylation sites (N-methyl/N-ethyl adjacent to an activating group) is 1. The molecule has 2 aliphatic rings. The minimum Gasteiger partial charge on any atom is -0.372 e. The summed E-state index contributed by atoms with van der Waals surface area (Å²) in [6.07, 6.45) is -3.21. The third kappa shape index (κ3) is 5.92. The molecule has 2 fully saturated rings. The summed E-state index contributed by atoms with van der Waals surface area (Å²) in [6.45, 7) is 7.37. The van der Waals surface area contributed by atoms with Gasteiger partial charge in [0.05, 0.1) is 34.6 Å². The highest BCUT2D eigenvalue weighted by molar-refractivity contribution is 5.98. The summed E-state index contributed by atoms with van der Waals surface area (Å²) < 4.78 is 97.4. The quantitative estimate of drug-likeness (QED) is 0.397. The number of aromatic nitrogens is 2. The van der Waals surface area contributed by atoms with Crippen LogP contribution in [0.2, 0.25) is 0 Å². The molecule has 2 saturated heterocycles. The zero-order valence-corrected chi connectivity index (χ0v) is 24.6. The van der Waals surface area contributed by atoms with Crippen molar-refractivity contribution in [1.29, 1.82) is 0 Å². The summed E-state index contributed by atoms with van der Waals surface area (Å²) in [5, 5.41) is 0. The van der Waals surface area contributed by atoms with E-state index in [9.17, 15) is 18.0 Å². The van der Waals surface area contributed by atoms with Gasteiger partial charge in [0, 0.05) is 67.8 Å². The number of hydrogen-bond acceptors (Lipinski definition) is 7. The van der Waals surface area contributed by atoms with Gasteiger partial charge in [-0.25, -0.2) is 23.1 Å². The van der Waals surface area contributed by atoms with Crippen molar-refractivity contribution >= 4 is 17.5 Å². The Kier molecular flexibility index (Phi) is 8.51. The second kappa shape index (κ2) is 11.9. The summed E-state index contributed by atoms with van der Waals surface area (Å²) in [7, 11) is 1.84. The van der Waals surface area contributed by atoms with Crippen molar-refractivity contribution in [3.63, 3.8) is 0 Å². The lowest BCUT2D eigenvalue weighted by Crippen LogP contribution is -2.50. The molecule has 0 radical (unpaired) electrons. The van der Waals surface area contributed by atoms with Gasteiger partial charge in [-0.15, -0.1) is 0 Å². The normalized spacial score (nSPS) is 21.5. The highest BCUT2D eigenvalue weighted by atomic mass is 19.4. The van der Waals surface area contributed by atoms with Gasteiger partial charge in [0.2, 0.25) is 11.9 Å². The van der Waals surface area contributed by atoms with E-state index < -0.39 is 57.4 Å². The number of morpholine rings is 1. The summed E-state index contributed by atoms with van der Waals surface area (Å²) >= 11 is 0. The van der Waals surface area contributed by atoms with E-state index in [1.54, 1.807) is 0 Å². The molecule has 2 N–H and O–H groups in total. The van der Waals surface area contributed by atoms with Gasteiger partial charge >= 0.3 is 6.18 Å². The zero-order valence-electron chi connectivity index (χ0n) is 24.6. The average molecular weight is 623 g/mol. The molecule has 0 spiro atoms. The molecule has 44 heavy (non-hydrogen) atoms. The number of nitrogens with two attached hydrogens (primary N) is 1. The molecule has 0 saturated carbocycles.